The molecule has 5 aromatic rings. The molecule has 0 atom stereocenters. The number of aliphatic hydroxyl groups is 1. The fourth-order valence-electron chi connectivity index (χ4n) is 4.21. The van der Waals surface area contributed by atoms with Crippen LogP contribution in [0.3, 0.4) is 0 Å². The van der Waals surface area contributed by atoms with Crippen LogP contribution in [-0.2, 0) is 24.9 Å². The van der Waals surface area contributed by atoms with Gasteiger partial charge in [-0.1, -0.05) is 95.0 Å². The summed E-state index contributed by atoms with van der Waals surface area (Å²) in [5.41, 5.74) is 1.32. The van der Waals surface area contributed by atoms with Crippen molar-refractivity contribution in [3.63, 3.8) is 0 Å². The first-order valence-corrected chi connectivity index (χ1v) is 13.1. The van der Waals surface area contributed by atoms with Crippen molar-refractivity contribution in [2.45, 2.75) is 41.5 Å². The number of halogens is 1. The van der Waals surface area contributed by atoms with Crippen molar-refractivity contribution in [1.82, 2.24) is 4.98 Å². The van der Waals surface area contributed by atoms with Crippen molar-refractivity contribution in [2.24, 2.45) is 10.8 Å². The topological polar surface area (TPSA) is 74.0 Å². The van der Waals surface area contributed by atoms with E-state index in [1.807, 2.05) is 90.1 Å². The molecule has 5 rings (SSSR count). The number of ketones is 1. The summed E-state index contributed by atoms with van der Waals surface area (Å²) in [4.78, 5) is 16.0. The Hall–Kier alpha value is -3.91. The Bertz CT molecular complexity index is 1820. The maximum Gasteiger partial charge on any atom is 0.164 e. The summed E-state index contributed by atoms with van der Waals surface area (Å²) >= 11 is 0. The van der Waals surface area contributed by atoms with Crippen LogP contribution in [0.15, 0.2) is 84.8 Å². The molecule has 1 N–H and O–H groups in total. The molecule has 0 spiro atoms. The Kier molecular flexibility index (Phi) is 9.49. The number of carbonyl (C=O) groups excluding carboxylic acids is 1. The normalized spacial score (nSPS) is 11.9. The number of nitriles is 1. The van der Waals surface area contributed by atoms with Crippen molar-refractivity contribution in [1.29, 1.82) is 5.26 Å². The minimum absolute atomic E-state index is 0. The van der Waals surface area contributed by atoms with E-state index < -0.39 is 5.41 Å². The van der Waals surface area contributed by atoms with Gasteiger partial charge in [-0.15, -0.1) is 23.6 Å². The number of nitrogens with zero attached hydrogens (tertiary/aromatic N) is 2. The molecule has 1 radical (unpaired) electrons. The molecule has 0 saturated carbocycles. The van der Waals surface area contributed by atoms with Crippen LogP contribution in [0.5, 0.6) is 0 Å². The molecule has 0 saturated heterocycles. The fourth-order valence-corrected chi connectivity index (χ4v) is 4.21. The molecule has 0 bridgehead atoms. The van der Waals surface area contributed by atoms with Crippen LogP contribution < -0.4 is 0 Å². The second-order valence-electron chi connectivity index (χ2n) is 11.8. The zero-order chi connectivity index (χ0) is 29.2. The van der Waals surface area contributed by atoms with E-state index in [1.54, 1.807) is 18.3 Å². The molecule has 211 valence electrons. The van der Waals surface area contributed by atoms with Gasteiger partial charge < -0.3 is 5.11 Å². The van der Waals surface area contributed by atoms with Crippen molar-refractivity contribution in [2.75, 3.05) is 0 Å². The van der Waals surface area contributed by atoms with Gasteiger partial charge in [-0.05, 0) is 33.9 Å². The maximum atomic E-state index is 14.2. The minimum Gasteiger partial charge on any atom is -0.512 e. The van der Waals surface area contributed by atoms with Crippen LogP contribution in [-0.4, -0.2) is 15.9 Å². The van der Waals surface area contributed by atoms with Gasteiger partial charge in [-0.3, -0.25) is 9.78 Å². The smallest absolute Gasteiger partial charge is 0.164 e. The number of pyridine rings is 1. The zero-order valence-electron chi connectivity index (χ0n) is 24.0. The van der Waals surface area contributed by atoms with Gasteiger partial charge in [0, 0.05) is 54.3 Å². The van der Waals surface area contributed by atoms with Crippen LogP contribution in [0.4, 0.5) is 4.39 Å². The molecular weight excluding hydrogens is 692 g/mol. The number of hydrogen-bond donors (Lipinski definition) is 1. The number of aromatic nitrogens is 1. The quantitative estimate of drug-likeness (QED) is 0.0854. The number of aliphatic hydroxyl groups excluding tert-OH is 1. The van der Waals surface area contributed by atoms with E-state index >= 15 is 0 Å². The molecule has 1 heterocycles. The molecule has 0 amide bonds. The standard InChI is InChI=1S/C24H12FN2.C11H20O2.Ir/c25-23-7-3-6-19-20-10-11-27-24(22(20)9-8-21(19)23)16-12-15-4-1-2-5-18(15)17(13-16)14-26;1-10(2,3)8(12)7-9(13)11(4,5)6;/h1-11,13H;7,12H,1-6H3;/q-1;;/b;8-7-;. The van der Waals surface area contributed by atoms with Crippen LogP contribution in [0.2, 0.25) is 0 Å². The monoisotopic (exact) mass is 724 g/mol. The Labute approximate surface area is 253 Å². The Morgan fingerprint density at radius 1 is 0.878 bits per heavy atom. The first kappa shape index (κ1) is 31.6. The Morgan fingerprint density at radius 3 is 2.17 bits per heavy atom. The molecule has 0 unspecified atom stereocenters. The summed E-state index contributed by atoms with van der Waals surface area (Å²) < 4.78 is 14.2. The van der Waals surface area contributed by atoms with Gasteiger partial charge in [-0.2, -0.15) is 5.26 Å². The van der Waals surface area contributed by atoms with Crippen molar-refractivity contribution in [3.05, 3.63) is 102 Å². The molecule has 4 nitrogen and oxygen atoms in total. The minimum atomic E-state index is -0.417. The van der Waals surface area contributed by atoms with E-state index in [0.29, 0.717) is 10.9 Å². The van der Waals surface area contributed by atoms with Crippen LogP contribution in [0.25, 0.3) is 43.6 Å². The second-order valence-corrected chi connectivity index (χ2v) is 11.8. The van der Waals surface area contributed by atoms with E-state index in [2.05, 4.69) is 17.1 Å². The third kappa shape index (κ3) is 6.88. The van der Waals surface area contributed by atoms with Gasteiger partial charge in [0.15, 0.2) is 5.78 Å². The van der Waals surface area contributed by atoms with E-state index in [1.165, 1.54) is 12.1 Å². The molecule has 0 aliphatic carbocycles. The van der Waals surface area contributed by atoms with Gasteiger partial charge in [0.25, 0.3) is 0 Å². The van der Waals surface area contributed by atoms with Gasteiger partial charge in [0.05, 0.1) is 6.07 Å². The number of hydrogen-bond acceptors (Lipinski definition) is 4. The van der Waals surface area contributed by atoms with Crippen molar-refractivity contribution >= 4 is 38.1 Å². The van der Waals surface area contributed by atoms with E-state index in [9.17, 15) is 19.6 Å². The average molecular weight is 724 g/mol. The van der Waals surface area contributed by atoms with E-state index in [0.717, 1.165) is 38.2 Å². The summed E-state index contributed by atoms with van der Waals surface area (Å²) in [6.45, 7) is 11.1. The summed E-state index contributed by atoms with van der Waals surface area (Å²) in [6.07, 6.45) is 3.05. The van der Waals surface area contributed by atoms with Crippen molar-refractivity contribution < 1.29 is 34.4 Å². The second kappa shape index (κ2) is 12.3. The number of rotatable bonds is 2. The maximum absolute atomic E-state index is 14.2. The van der Waals surface area contributed by atoms with Crippen LogP contribution in [0, 0.1) is 34.0 Å². The van der Waals surface area contributed by atoms with Crippen LogP contribution in [0.1, 0.15) is 47.1 Å². The molecule has 41 heavy (non-hydrogen) atoms. The number of allylic oxidation sites excluding steroid dienone is 2. The van der Waals surface area contributed by atoms with Crippen LogP contribution >= 0.6 is 0 Å². The first-order valence-electron chi connectivity index (χ1n) is 13.1. The largest absolute Gasteiger partial charge is 0.512 e. The van der Waals surface area contributed by atoms with Gasteiger partial charge in [0.1, 0.15) is 11.6 Å². The zero-order valence-corrected chi connectivity index (χ0v) is 26.4. The Morgan fingerprint density at radius 2 is 1.51 bits per heavy atom. The Balaban J connectivity index is 0.000000284. The van der Waals surface area contributed by atoms with Gasteiger partial charge in [-0.25, -0.2) is 4.39 Å². The average Bonchev–Trinajstić information content (AvgIpc) is 2.91. The van der Waals surface area contributed by atoms with E-state index in [-0.39, 0.29) is 42.9 Å². The molecule has 0 aliphatic heterocycles. The molecule has 0 aliphatic rings. The summed E-state index contributed by atoms with van der Waals surface area (Å²) in [5, 5.41) is 24.1. The fraction of sp³-hybridized carbons (Fsp3) is 0.229. The summed E-state index contributed by atoms with van der Waals surface area (Å²) in [7, 11) is 0. The number of benzene rings is 4. The number of fused-ring (bicyclic) bond motifs is 4. The van der Waals surface area contributed by atoms with E-state index in [4.69, 9.17) is 0 Å². The third-order valence-electron chi connectivity index (χ3n) is 6.68. The molecular formula is C35H32FIrN2O2-. The predicted octanol–water partition coefficient (Wildman–Crippen LogP) is 9.11. The number of carbonyl (C=O) groups is 1. The summed E-state index contributed by atoms with van der Waals surface area (Å²) in [6, 6.07) is 25.8. The third-order valence-corrected chi connectivity index (χ3v) is 6.68. The molecule has 0 fully saturated rings. The SMILES string of the molecule is CC(C)(C)C(=O)/C=C(\O)C(C)(C)C.N#Cc1cc(-c2nccc3c2ccc2c(F)cccc23)[c-]c2ccccc12.[Ir]. The molecule has 1 aromatic heterocycles. The summed E-state index contributed by atoms with van der Waals surface area (Å²) in [5.74, 6) is -0.135. The predicted molar refractivity (Wildman–Crippen MR) is 160 cm³/mol. The first-order chi connectivity index (χ1) is 18.8. The van der Waals surface area contributed by atoms with Gasteiger partial charge >= 0.3 is 0 Å². The van der Waals surface area contributed by atoms with Gasteiger partial charge in [0.2, 0.25) is 0 Å². The molecule has 6 heteroatoms. The van der Waals surface area contributed by atoms with Crippen molar-refractivity contribution in [3.8, 4) is 17.3 Å². The molecule has 4 aromatic carbocycles.